The van der Waals surface area contributed by atoms with Crippen molar-refractivity contribution in [2.75, 3.05) is 20.0 Å². The summed E-state index contributed by atoms with van der Waals surface area (Å²) in [5.41, 5.74) is 0. The van der Waals surface area contributed by atoms with Crippen molar-refractivity contribution in [1.82, 2.24) is 5.32 Å². The number of amides is 1. The van der Waals surface area contributed by atoms with Crippen LogP contribution in [0.5, 0.6) is 11.5 Å². The number of rotatable bonds is 6. The molecule has 120 valence electrons. The lowest BCUT2D eigenvalue weighted by Gasteiger charge is -2.22. The number of hydrogen-bond acceptors (Lipinski definition) is 4. The zero-order chi connectivity index (χ0) is 15.5. The smallest absolute Gasteiger partial charge is 0.230 e. The van der Waals surface area contributed by atoms with Gasteiger partial charge in [-0.05, 0) is 49.3 Å². The van der Waals surface area contributed by atoms with E-state index in [1.165, 1.54) is 37.4 Å². The molecule has 2 aliphatic carbocycles. The highest BCUT2D eigenvalue weighted by molar-refractivity contribution is 8.00. The molecule has 3 rings (SSSR count). The van der Waals surface area contributed by atoms with Gasteiger partial charge in [-0.2, -0.15) is 0 Å². The maximum absolute atomic E-state index is 12.1. The Balaban J connectivity index is 1.50. The summed E-state index contributed by atoms with van der Waals surface area (Å²) in [5, 5.41) is 3.22. The third-order valence-electron chi connectivity index (χ3n) is 4.81. The van der Waals surface area contributed by atoms with E-state index < -0.39 is 0 Å². The molecule has 2 bridgehead atoms. The van der Waals surface area contributed by atoms with Gasteiger partial charge in [0.05, 0.1) is 20.0 Å². The summed E-state index contributed by atoms with van der Waals surface area (Å²) in [4.78, 5) is 13.2. The summed E-state index contributed by atoms with van der Waals surface area (Å²) in [7, 11) is 3.24. The van der Waals surface area contributed by atoms with Gasteiger partial charge in [-0.3, -0.25) is 4.79 Å². The van der Waals surface area contributed by atoms with Crippen LogP contribution in [-0.2, 0) is 4.79 Å². The first-order chi connectivity index (χ1) is 10.7. The SMILES string of the molecule is COc1ccc(SCC(=O)N[C@H]2C[C@H]3CC[C@H]2C3)cc1OC. The summed E-state index contributed by atoms with van der Waals surface area (Å²) < 4.78 is 10.5. The summed E-state index contributed by atoms with van der Waals surface area (Å²) in [6.45, 7) is 0. The van der Waals surface area contributed by atoms with E-state index in [-0.39, 0.29) is 5.91 Å². The molecule has 0 unspecified atom stereocenters. The molecule has 2 aliphatic rings. The van der Waals surface area contributed by atoms with Crippen LogP contribution >= 0.6 is 11.8 Å². The van der Waals surface area contributed by atoms with Crippen molar-refractivity contribution in [1.29, 1.82) is 0 Å². The molecule has 1 aromatic rings. The Hall–Kier alpha value is -1.36. The molecule has 2 fully saturated rings. The number of thioether (sulfide) groups is 1. The fourth-order valence-corrected chi connectivity index (χ4v) is 4.46. The average Bonchev–Trinajstić information content (AvgIpc) is 3.15. The highest BCUT2D eigenvalue weighted by atomic mass is 32.2. The van der Waals surface area contributed by atoms with Crippen molar-refractivity contribution in [2.45, 2.75) is 36.6 Å². The van der Waals surface area contributed by atoms with E-state index in [1.807, 2.05) is 18.2 Å². The van der Waals surface area contributed by atoms with Crippen LogP contribution in [-0.4, -0.2) is 31.9 Å². The number of hydrogen-bond donors (Lipinski definition) is 1. The van der Waals surface area contributed by atoms with Crippen molar-refractivity contribution >= 4 is 17.7 Å². The maximum Gasteiger partial charge on any atom is 0.230 e. The van der Waals surface area contributed by atoms with E-state index in [0.29, 0.717) is 23.3 Å². The first kappa shape index (κ1) is 15.5. The van der Waals surface area contributed by atoms with E-state index in [4.69, 9.17) is 9.47 Å². The summed E-state index contributed by atoms with van der Waals surface area (Å²) in [6.07, 6.45) is 5.14. The molecular formula is C17H23NO3S. The number of nitrogens with one attached hydrogen (secondary N) is 1. The third-order valence-corrected chi connectivity index (χ3v) is 5.80. The fraction of sp³-hybridized carbons (Fsp3) is 0.588. The number of carbonyl (C=O) groups excluding carboxylic acids is 1. The van der Waals surface area contributed by atoms with Gasteiger partial charge in [0.2, 0.25) is 5.91 Å². The van der Waals surface area contributed by atoms with Crippen molar-refractivity contribution < 1.29 is 14.3 Å². The lowest BCUT2D eigenvalue weighted by molar-refractivity contribution is -0.119. The van der Waals surface area contributed by atoms with E-state index in [1.54, 1.807) is 14.2 Å². The van der Waals surface area contributed by atoms with Gasteiger partial charge in [-0.25, -0.2) is 0 Å². The van der Waals surface area contributed by atoms with Crippen molar-refractivity contribution in [2.24, 2.45) is 11.8 Å². The summed E-state index contributed by atoms with van der Waals surface area (Å²) in [6, 6.07) is 6.15. The minimum Gasteiger partial charge on any atom is -0.493 e. The quantitative estimate of drug-likeness (QED) is 0.818. The second kappa shape index (κ2) is 6.82. The normalized spacial score (nSPS) is 26.0. The Morgan fingerprint density at radius 1 is 1.23 bits per heavy atom. The Labute approximate surface area is 135 Å². The summed E-state index contributed by atoms with van der Waals surface area (Å²) >= 11 is 1.53. The Morgan fingerprint density at radius 3 is 2.68 bits per heavy atom. The maximum atomic E-state index is 12.1. The van der Waals surface area contributed by atoms with Gasteiger partial charge in [0.1, 0.15) is 0 Å². The molecule has 2 saturated carbocycles. The zero-order valence-corrected chi connectivity index (χ0v) is 13.9. The lowest BCUT2D eigenvalue weighted by Crippen LogP contribution is -2.39. The van der Waals surface area contributed by atoms with Gasteiger partial charge in [-0.15, -0.1) is 11.8 Å². The van der Waals surface area contributed by atoms with E-state index in [9.17, 15) is 4.79 Å². The average molecular weight is 321 g/mol. The minimum absolute atomic E-state index is 0.136. The summed E-state index contributed by atoms with van der Waals surface area (Å²) in [5.74, 6) is 3.56. The largest absolute Gasteiger partial charge is 0.493 e. The molecule has 0 radical (unpaired) electrons. The van der Waals surface area contributed by atoms with Crippen LogP contribution in [0.1, 0.15) is 25.7 Å². The van der Waals surface area contributed by atoms with E-state index >= 15 is 0 Å². The van der Waals surface area contributed by atoms with Crippen LogP contribution in [0, 0.1) is 11.8 Å². The molecule has 0 aromatic heterocycles. The van der Waals surface area contributed by atoms with Crippen LogP contribution in [0.25, 0.3) is 0 Å². The Morgan fingerprint density at radius 2 is 2.05 bits per heavy atom. The molecule has 0 spiro atoms. The number of carbonyl (C=O) groups is 1. The van der Waals surface area contributed by atoms with Crippen LogP contribution in [0.15, 0.2) is 23.1 Å². The number of fused-ring (bicyclic) bond motifs is 2. The van der Waals surface area contributed by atoms with E-state index in [2.05, 4.69) is 5.32 Å². The highest BCUT2D eigenvalue weighted by Crippen LogP contribution is 2.44. The molecule has 3 atom stereocenters. The predicted octanol–water partition coefficient (Wildman–Crippen LogP) is 3.10. The molecule has 5 heteroatoms. The van der Waals surface area contributed by atoms with Gasteiger partial charge in [-0.1, -0.05) is 6.42 Å². The molecule has 1 aromatic carbocycles. The van der Waals surface area contributed by atoms with Crippen LogP contribution in [0.3, 0.4) is 0 Å². The minimum atomic E-state index is 0.136. The Kier molecular flexibility index (Phi) is 4.81. The van der Waals surface area contributed by atoms with Crippen LogP contribution < -0.4 is 14.8 Å². The van der Waals surface area contributed by atoms with E-state index in [0.717, 1.165) is 16.7 Å². The second-order valence-corrected chi connectivity index (χ2v) is 7.20. The third kappa shape index (κ3) is 3.35. The standard InChI is InChI=1S/C17H23NO3S/c1-20-15-6-5-13(9-16(15)21-2)22-10-17(19)18-14-8-11-3-4-12(14)7-11/h5-6,9,11-12,14H,3-4,7-8,10H2,1-2H3,(H,18,19)/t11-,12-,14-/m0/s1. The molecule has 1 amide bonds. The monoisotopic (exact) mass is 321 g/mol. The number of ether oxygens (including phenoxy) is 2. The highest BCUT2D eigenvalue weighted by Gasteiger charge is 2.39. The number of benzene rings is 1. The van der Waals surface area contributed by atoms with Crippen molar-refractivity contribution in [3.8, 4) is 11.5 Å². The zero-order valence-electron chi connectivity index (χ0n) is 13.1. The van der Waals surface area contributed by atoms with Gasteiger partial charge in [0, 0.05) is 10.9 Å². The Bertz CT molecular complexity index is 549. The molecule has 0 saturated heterocycles. The number of methoxy groups -OCH3 is 2. The first-order valence-electron chi connectivity index (χ1n) is 7.83. The molecule has 1 N–H and O–H groups in total. The van der Waals surface area contributed by atoms with Crippen LogP contribution in [0.4, 0.5) is 0 Å². The molecule has 0 heterocycles. The second-order valence-electron chi connectivity index (χ2n) is 6.15. The molecule has 22 heavy (non-hydrogen) atoms. The first-order valence-corrected chi connectivity index (χ1v) is 8.82. The van der Waals surface area contributed by atoms with Gasteiger partial charge < -0.3 is 14.8 Å². The topological polar surface area (TPSA) is 47.6 Å². The van der Waals surface area contributed by atoms with Gasteiger partial charge >= 0.3 is 0 Å². The van der Waals surface area contributed by atoms with Gasteiger partial charge in [0.15, 0.2) is 11.5 Å². The predicted molar refractivity (Wildman–Crippen MR) is 87.6 cm³/mol. The van der Waals surface area contributed by atoms with Crippen LogP contribution in [0.2, 0.25) is 0 Å². The van der Waals surface area contributed by atoms with Gasteiger partial charge in [0.25, 0.3) is 0 Å². The molecule has 4 nitrogen and oxygen atoms in total. The molecular weight excluding hydrogens is 298 g/mol. The van der Waals surface area contributed by atoms with Crippen molar-refractivity contribution in [3.63, 3.8) is 0 Å². The fourth-order valence-electron chi connectivity index (χ4n) is 3.73. The lowest BCUT2D eigenvalue weighted by atomic mass is 9.95. The van der Waals surface area contributed by atoms with Crippen molar-refractivity contribution in [3.05, 3.63) is 18.2 Å². The molecule has 0 aliphatic heterocycles.